The number of piperidine rings is 1. The van der Waals surface area contributed by atoms with Gasteiger partial charge in [-0.3, -0.25) is 9.80 Å². The van der Waals surface area contributed by atoms with Crippen molar-refractivity contribution in [2.45, 2.75) is 44.7 Å². The molecule has 1 aromatic heterocycles. The Morgan fingerprint density at radius 3 is 2.76 bits per heavy atom. The second-order valence-corrected chi connectivity index (χ2v) is 7.50. The lowest BCUT2D eigenvalue weighted by molar-refractivity contribution is 0.0890. The maximum Gasteiger partial charge on any atom is 0.122 e. The van der Waals surface area contributed by atoms with Crippen LogP contribution in [0.3, 0.4) is 0 Å². The number of hydrogen-bond donors (Lipinski definition) is 0. The summed E-state index contributed by atoms with van der Waals surface area (Å²) in [6.45, 7) is 6.25. The third-order valence-corrected chi connectivity index (χ3v) is 5.91. The Morgan fingerprint density at radius 1 is 1.14 bits per heavy atom. The molecule has 4 fully saturated rings. The van der Waals surface area contributed by atoms with Gasteiger partial charge in [-0.1, -0.05) is 6.42 Å². The minimum atomic E-state index is 0.796. The van der Waals surface area contributed by atoms with E-state index in [0.29, 0.717) is 0 Å². The summed E-state index contributed by atoms with van der Waals surface area (Å²) in [5, 5.41) is 0. The first-order valence-corrected chi connectivity index (χ1v) is 8.70. The first-order valence-electron chi connectivity index (χ1n) is 8.70. The molecular weight excluding hydrogens is 260 g/mol. The van der Waals surface area contributed by atoms with Crippen molar-refractivity contribution in [3.8, 4) is 0 Å². The van der Waals surface area contributed by atoms with Crippen LogP contribution in [0.25, 0.3) is 0 Å². The van der Waals surface area contributed by atoms with Crippen molar-refractivity contribution in [2.75, 3.05) is 26.2 Å². The summed E-state index contributed by atoms with van der Waals surface area (Å²) >= 11 is 0. The number of rotatable bonds is 4. The van der Waals surface area contributed by atoms with E-state index in [2.05, 4.69) is 32.6 Å². The Kier molecular flexibility index (Phi) is 3.76. The van der Waals surface area contributed by atoms with Gasteiger partial charge in [0.05, 0.1) is 6.54 Å². The summed E-state index contributed by atoms with van der Waals surface area (Å²) in [6, 6.07) is 0.796. The Bertz CT molecular complexity index is 479. The van der Waals surface area contributed by atoms with Crippen molar-refractivity contribution in [3.63, 3.8) is 0 Å². The normalized spacial score (nSPS) is 31.3. The quantitative estimate of drug-likeness (QED) is 0.848. The van der Waals surface area contributed by atoms with E-state index >= 15 is 0 Å². The predicted molar refractivity (Wildman–Crippen MR) is 83.9 cm³/mol. The SMILES string of the molecule is Cn1ccnc1CN1C[C@@H]2CC[C@H](C1)N(CC1CCC1)C2. The highest BCUT2D eigenvalue weighted by atomic mass is 15.3. The molecule has 21 heavy (non-hydrogen) atoms. The molecule has 2 bridgehead atoms. The van der Waals surface area contributed by atoms with E-state index in [0.717, 1.165) is 24.4 Å². The Balaban J connectivity index is 1.41. The molecule has 4 heterocycles. The first kappa shape index (κ1) is 13.8. The molecule has 1 aromatic rings. The summed E-state index contributed by atoms with van der Waals surface area (Å²) < 4.78 is 2.17. The van der Waals surface area contributed by atoms with Gasteiger partial charge < -0.3 is 4.57 Å². The molecule has 0 spiro atoms. The number of hydrogen-bond acceptors (Lipinski definition) is 3. The zero-order valence-corrected chi connectivity index (χ0v) is 13.2. The minimum absolute atomic E-state index is 0.796. The van der Waals surface area contributed by atoms with Gasteiger partial charge in [0, 0.05) is 51.7 Å². The van der Waals surface area contributed by atoms with Gasteiger partial charge in [-0.15, -0.1) is 0 Å². The molecule has 0 aromatic carbocycles. The third-order valence-electron chi connectivity index (χ3n) is 5.91. The Hall–Kier alpha value is -0.870. The molecule has 4 nitrogen and oxygen atoms in total. The van der Waals surface area contributed by atoms with Crippen LogP contribution in [0, 0.1) is 11.8 Å². The van der Waals surface area contributed by atoms with Crippen LogP contribution < -0.4 is 0 Å². The zero-order chi connectivity index (χ0) is 14.2. The van der Waals surface area contributed by atoms with Gasteiger partial charge in [0.2, 0.25) is 0 Å². The average Bonchev–Trinajstić information content (AvgIpc) is 2.65. The largest absolute Gasteiger partial charge is 0.337 e. The van der Waals surface area contributed by atoms with Gasteiger partial charge in [0.1, 0.15) is 5.82 Å². The standard InChI is InChI=1S/C17H28N4/c1-19-8-7-18-17(19)13-20-9-15-5-6-16(12-20)21(11-15)10-14-3-2-4-14/h7-8,14-16H,2-6,9-13H2,1H3/t15-,16+/m0/s1. The lowest BCUT2D eigenvalue weighted by Gasteiger charge is -2.40. The van der Waals surface area contributed by atoms with Gasteiger partial charge in [0.15, 0.2) is 0 Å². The number of nitrogens with zero attached hydrogens (tertiary/aromatic N) is 4. The van der Waals surface area contributed by atoms with Crippen LogP contribution in [0.4, 0.5) is 0 Å². The average molecular weight is 288 g/mol. The maximum absolute atomic E-state index is 4.51. The van der Waals surface area contributed by atoms with Crippen molar-refractivity contribution in [2.24, 2.45) is 18.9 Å². The van der Waals surface area contributed by atoms with Crippen LogP contribution in [-0.2, 0) is 13.6 Å². The van der Waals surface area contributed by atoms with E-state index in [1.165, 1.54) is 64.1 Å². The molecule has 5 rings (SSSR count). The summed E-state index contributed by atoms with van der Waals surface area (Å²) in [5.41, 5.74) is 0. The van der Waals surface area contributed by atoms with Crippen LogP contribution in [0.1, 0.15) is 37.9 Å². The molecule has 0 unspecified atom stereocenters. The van der Waals surface area contributed by atoms with Crippen LogP contribution in [0.5, 0.6) is 0 Å². The highest BCUT2D eigenvalue weighted by Crippen LogP contribution is 2.33. The van der Waals surface area contributed by atoms with Gasteiger partial charge in [-0.2, -0.15) is 0 Å². The Morgan fingerprint density at radius 2 is 2.05 bits per heavy atom. The van der Waals surface area contributed by atoms with Gasteiger partial charge >= 0.3 is 0 Å². The first-order chi connectivity index (χ1) is 10.3. The highest BCUT2D eigenvalue weighted by molar-refractivity contribution is 4.95. The van der Waals surface area contributed by atoms with Crippen LogP contribution in [0.15, 0.2) is 12.4 Å². The van der Waals surface area contributed by atoms with Gasteiger partial charge in [-0.05, 0) is 37.5 Å². The molecular formula is C17H28N4. The minimum Gasteiger partial charge on any atom is -0.337 e. The molecule has 1 aliphatic carbocycles. The molecule has 0 amide bonds. The molecule has 2 atom stereocenters. The monoisotopic (exact) mass is 288 g/mol. The summed E-state index contributed by atoms with van der Waals surface area (Å²) in [4.78, 5) is 10.00. The van der Waals surface area contributed by atoms with Crippen LogP contribution >= 0.6 is 0 Å². The fourth-order valence-electron chi connectivity index (χ4n) is 4.38. The van der Waals surface area contributed by atoms with E-state index < -0.39 is 0 Å². The van der Waals surface area contributed by atoms with Crippen LogP contribution in [0.2, 0.25) is 0 Å². The maximum atomic E-state index is 4.51. The smallest absolute Gasteiger partial charge is 0.122 e. The van der Waals surface area contributed by atoms with Crippen molar-refractivity contribution in [3.05, 3.63) is 18.2 Å². The molecule has 4 heteroatoms. The fourth-order valence-corrected chi connectivity index (χ4v) is 4.38. The lowest BCUT2D eigenvalue weighted by Crippen LogP contribution is -2.46. The number of aryl methyl sites for hydroxylation is 1. The highest BCUT2D eigenvalue weighted by Gasteiger charge is 2.36. The van der Waals surface area contributed by atoms with E-state index in [-0.39, 0.29) is 0 Å². The molecule has 4 aliphatic rings. The van der Waals surface area contributed by atoms with E-state index in [9.17, 15) is 0 Å². The Labute approximate surface area is 128 Å². The van der Waals surface area contributed by atoms with E-state index in [1.54, 1.807) is 0 Å². The van der Waals surface area contributed by atoms with Crippen molar-refractivity contribution in [1.29, 1.82) is 0 Å². The molecule has 116 valence electrons. The fraction of sp³-hybridized carbons (Fsp3) is 0.824. The van der Waals surface area contributed by atoms with Gasteiger partial charge in [-0.25, -0.2) is 4.98 Å². The topological polar surface area (TPSA) is 24.3 Å². The van der Waals surface area contributed by atoms with E-state index in [4.69, 9.17) is 0 Å². The molecule has 0 radical (unpaired) electrons. The molecule has 3 aliphatic heterocycles. The number of fused-ring (bicyclic) bond motifs is 4. The molecule has 0 N–H and O–H groups in total. The second-order valence-electron chi connectivity index (χ2n) is 7.50. The lowest BCUT2D eigenvalue weighted by atomic mass is 9.83. The van der Waals surface area contributed by atoms with Crippen molar-refractivity contribution >= 4 is 0 Å². The number of aromatic nitrogens is 2. The third kappa shape index (κ3) is 2.88. The van der Waals surface area contributed by atoms with E-state index in [1.807, 2.05) is 6.20 Å². The van der Waals surface area contributed by atoms with Crippen molar-refractivity contribution in [1.82, 2.24) is 19.4 Å². The van der Waals surface area contributed by atoms with Crippen molar-refractivity contribution < 1.29 is 0 Å². The predicted octanol–water partition coefficient (Wildman–Crippen LogP) is 2.12. The summed E-state index contributed by atoms with van der Waals surface area (Å²) in [6.07, 6.45) is 11.3. The van der Waals surface area contributed by atoms with Crippen LogP contribution in [-0.4, -0.2) is 51.6 Å². The summed E-state index contributed by atoms with van der Waals surface area (Å²) in [5.74, 6) is 3.10. The molecule has 1 saturated carbocycles. The van der Waals surface area contributed by atoms with Gasteiger partial charge in [0.25, 0.3) is 0 Å². The second kappa shape index (κ2) is 5.73. The molecule has 3 saturated heterocycles. The zero-order valence-electron chi connectivity index (χ0n) is 13.2. The summed E-state index contributed by atoms with van der Waals surface area (Å²) in [7, 11) is 2.11. The number of imidazole rings is 1.